The Kier molecular flexibility index (Phi) is 4.23. The number of amides is 1. The summed E-state index contributed by atoms with van der Waals surface area (Å²) in [6.07, 6.45) is 2.67. The lowest BCUT2D eigenvalue weighted by Crippen LogP contribution is -2.19. The first kappa shape index (κ1) is 16.2. The van der Waals surface area contributed by atoms with Gasteiger partial charge in [-0.1, -0.05) is 17.7 Å². The van der Waals surface area contributed by atoms with Crippen LogP contribution in [0.1, 0.15) is 11.1 Å². The van der Waals surface area contributed by atoms with Crippen LogP contribution in [0.15, 0.2) is 46.3 Å². The van der Waals surface area contributed by atoms with Gasteiger partial charge in [-0.25, -0.2) is 9.38 Å². The van der Waals surface area contributed by atoms with Crippen molar-refractivity contribution < 1.29 is 13.9 Å². The molecule has 0 saturated carbocycles. The molecule has 4 nitrogen and oxygen atoms in total. The van der Waals surface area contributed by atoms with Gasteiger partial charge in [-0.15, -0.1) is 0 Å². The second-order valence-electron chi connectivity index (χ2n) is 5.54. The lowest BCUT2D eigenvalue weighted by Gasteiger charge is -2.00. The molecular formula is C18H12ClFN2O2S. The van der Waals surface area contributed by atoms with Crippen LogP contribution in [-0.2, 0) is 11.2 Å². The lowest BCUT2D eigenvalue weighted by atomic mass is 10.1. The summed E-state index contributed by atoms with van der Waals surface area (Å²) in [7, 11) is 0. The van der Waals surface area contributed by atoms with Gasteiger partial charge in [0, 0.05) is 12.5 Å². The van der Waals surface area contributed by atoms with E-state index in [0.29, 0.717) is 21.7 Å². The van der Waals surface area contributed by atoms with Crippen LogP contribution >= 0.6 is 23.4 Å². The fourth-order valence-corrected chi connectivity index (χ4v) is 3.60. The molecule has 2 heterocycles. The average molecular weight is 375 g/mol. The highest BCUT2D eigenvalue weighted by Crippen LogP contribution is 2.32. The third kappa shape index (κ3) is 3.41. The first-order chi connectivity index (χ1) is 12.1. The Morgan fingerprint density at radius 1 is 1.28 bits per heavy atom. The van der Waals surface area contributed by atoms with Crippen molar-refractivity contribution in [1.29, 1.82) is 0 Å². The molecule has 2 aliphatic rings. The van der Waals surface area contributed by atoms with E-state index in [1.165, 1.54) is 30.0 Å². The number of ether oxygens (including phenoxy) is 1. The smallest absolute Gasteiger partial charge is 0.264 e. The van der Waals surface area contributed by atoms with E-state index in [0.717, 1.165) is 23.3 Å². The predicted octanol–water partition coefficient (Wildman–Crippen LogP) is 4.31. The van der Waals surface area contributed by atoms with Gasteiger partial charge in [0.2, 0.25) is 0 Å². The second kappa shape index (κ2) is 6.54. The van der Waals surface area contributed by atoms with Crippen molar-refractivity contribution in [2.45, 2.75) is 6.42 Å². The molecule has 1 fully saturated rings. The van der Waals surface area contributed by atoms with E-state index in [9.17, 15) is 9.18 Å². The minimum atomic E-state index is -0.436. The van der Waals surface area contributed by atoms with Gasteiger partial charge in [0.25, 0.3) is 5.91 Å². The number of hydrogen-bond acceptors (Lipinski definition) is 4. The van der Waals surface area contributed by atoms with E-state index in [4.69, 9.17) is 16.3 Å². The maximum atomic E-state index is 13.3. The summed E-state index contributed by atoms with van der Waals surface area (Å²) in [5.74, 6) is 0.218. The predicted molar refractivity (Wildman–Crippen MR) is 97.9 cm³/mol. The molecule has 0 radical (unpaired) electrons. The van der Waals surface area contributed by atoms with Gasteiger partial charge in [-0.3, -0.25) is 4.79 Å². The molecule has 0 aliphatic carbocycles. The van der Waals surface area contributed by atoms with Crippen molar-refractivity contribution in [1.82, 2.24) is 5.32 Å². The van der Waals surface area contributed by atoms with Crippen molar-refractivity contribution >= 4 is 46.2 Å². The summed E-state index contributed by atoms with van der Waals surface area (Å²) in [4.78, 5) is 16.9. The maximum absolute atomic E-state index is 13.3. The summed E-state index contributed by atoms with van der Waals surface area (Å²) < 4.78 is 18.8. The van der Waals surface area contributed by atoms with Crippen LogP contribution in [0.5, 0.6) is 5.75 Å². The van der Waals surface area contributed by atoms with Crippen LogP contribution < -0.4 is 10.1 Å². The van der Waals surface area contributed by atoms with E-state index < -0.39 is 5.82 Å². The summed E-state index contributed by atoms with van der Waals surface area (Å²) >= 11 is 7.20. The molecule has 126 valence electrons. The number of hydrogen-bond donors (Lipinski definition) is 1. The molecule has 0 aromatic heterocycles. The Balaban J connectivity index is 1.60. The number of benzene rings is 2. The Labute approximate surface area is 152 Å². The fourth-order valence-electron chi connectivity index (χ4n) is 2.61. The number of carbonyl (C=O) groups excluding carboxylic acids is 1. The van der Waals surface area contributed by atoms with Gasteiger partial charge in [0.1, 0.15) is 11.6 Å². The summed E-state index contributed by atoms with van der Waals surface area (Å²) in [6, 6.07) is 9.75. The molecule has 0 atom stereocenters. The van der Waals surface area contributed by atoms with Crippen LogP contribution in [0.2, 0.25) is 5.02 Å². The molecule has 0 unspecified atom stereocenters. The van der Waals surface area contributed by atoms with Crippen molar-refractivity contribution in [3.63, 3.8) is 0 Å². The van der Waals surface area contributed by atoms with Crippen molar-refractivity contribution in [2.75, 3.05) is 6.61 Å². The zero-order valence-corrected chi connectivity index (χ0v) is 14.5. The highest BCUT2D eigenvalue weighted by atomic mass is 35.5. The zero-order valence-electron chi connectivity index (χ0n) is 12.9. The minimum absolute atomic E-state index is 0.243. The SMILES string of the molecule is O=C1N/C(=N\c2cc(F)ccc2Cl)S/C1=C\c1ccc2c(c1)CCO2. The first-order valence-electron chi connectivity index (χ1n) is 7.59. The van der Waals surface area contributed by atoms with Gasteiger partial charge in [-0.05, 0) is 53.2 Å². The lowest BCUT2D eigenvalue weighted by molar-refractivity contribution is -0.115. The summed E-state index contributed by atoms with van der Waals surface area (Å²) in [6.45, 7) is 0.690. The number of thioether (sulfide) groups is 1. The van der Waals surface area contributed by atoms with E-state index in [1.807, 2.05) is 18.2 Å². The fraction of sp³-hybridized carbons (Fsp3) is 0.111. The number of rotatable bonds is 2. The molecule has 2 aliphatic heterocycles. The Bertz CT molecular complexity index is 943. The highest BCUT2D eigenvalue weighted by Gasteiger charge is 2.24. The monoisotopic (exact) mass is 374 g/mol. The molecule has 2 aromatic carbocycles. The van der Waals surface area contributed by atoms with Crippen LogP contribution in [0.3, 0.4) is 0 Å². The average Bonchev–Trinajstić information content (AvgIpc) is 3.17. The molecule has 1 saturated heterocycles. The third-order valence-corrected chi connectivity index (χ3v) is 5.02. The molecule has 7 heteroatoms. The highest BCUT2D eigenvalue weighted by molar-refractivity contribution is 8.18. The molecule has 0 bridgehead atoms. The summed E-state index contributed by atoms with van der Waals surface area (Å²) in [5, 5.41) is 3.36. The van der Waals surface area contributed by atoms with Crippen molar-refractivity contribution in [3.8, 4) is 5.75 Å². The van der Waals surface area contributed by atoms with Gasteiger partial charge >= 0.3 is 0 Å². The van der Waals surface area contributed by atoms with Gasteiger partial charge < -0.3 is 10.1 Å². The van der Waals surface area contributed by atoms with Crippen LogP contribution in [0.4, 0.5) is 10.1 Å². The quantitative estimate of drug-likeness (QED) is 0.797. The summed E-state index contributed by atoms with van der Waals surface area (Å²) in [5.41, 5.74) is 2.34. The number of fused-ring (bicyclic) bond motifs is 1. The van der Waals surface area contributed by atoms with Crippen molar-refractivity contribution in [2.24, 2.45) is 4.99 Å². The number of halogens is 2. The van der Waals surface area contributed by atoms with Gasteiger partial charge in [0.15, 0.2) is 5.17 Å². The van der Waals surface area contributed by atoms with E-state index in [2.05, 4.69) is 10.3 Å². The zero-order chi connectivity index (χ0) is 17.4. The number of amidine groups is 1. The van der Waals surface area contributed by atoms with Crippen LogP contribution in [0, 0.1) is 5.82 Å². The molecule has 25 heavy (non-hydrogen) atoms. The largest absolute Gasteiger partial charge is 0.493 e. The number of nitrogens with zero attached hydrogens (tertiary/aromatic N) is 1. The topological polar surface area (TPSA) is 50.7 Å². The van der Waals surface area contributed by atoms with Crippen LogP contribution in [0.25, 0.3) is 6.08 Å². The van der Waals surface area contributed by atoms with Crippen LogP contribution in [-0.4, -0.2) is 17.7 Å². The van der Waals surface area contributed by atoms with E-state index in [1.54, 1.807) is 6.08 Å². The van der Waals surface area contributed by atoms with E-state index >= 15 is 0 Å². The molecule has 4 rings (SSSR count). The standard InChI is InChI=1S/C18H12ClFN2O2S/c19-13-3-2-12(20)9-14(13)21-18-22-17(23)16(25-18)8-10-1-4-15-11(7-10)5-6-24-15/h1-4,7-9H,5-6H2,(H,21,22,23)/b16-8-. The molecule has 1 N–H and O–H groups in total. The first-order valence-corrected chi connectivity index (χ1v) is 8.78. The minimum Gasteiger partial charge on any atom is -0.493 e. The third-order valence-electron chi connectivity index (χ3n) is 3.79. The normalized spacial score (nSPS) is 19.2. The Morgan fingerprint density at radius 2 is 2.16 bits per heavy atom. The van der Waals surface area contributed by atoms with Gasteiger partial charge in [-0.2, -0.15) is 0 Å². The Hall–Kier alpha value is -2.31. The van der Waals surface area contributed by atoms with Crippen molar-refractivity contribution in [3.05, 3.63) is 63.3 Å². The van der Waals surface area contributed by atoms with Gasteiger partial charge in [0.05, 0.1) is 22.2 Å². The molecule has 0 spiro atoms. The second-order valence-corrected chi connectivity index (χ2v) is 6.98. The molecular weight excluding hydrogens is 363 g/mol. The van der Waals surface area contributed by atoms with E-state index in [-0.39, 0.29) is 11.6 Å². The number of nitrogens with one attached hydrogen (secondary N) is 1. The maximum Gasteiger partial charge on any atom is 0.264 e. The molecule has 1 amide bonds. The number of aliphatic imine (C=N–C) groups is 1. The number of carbonyl (C=O) groups is 1. The Morgan fingerprint density at radius 3 is 3.04 bits per heavy atom. The molecule has 2 aromatic rings.